The van der Waals surface area contributed by atoms with Gasteiger partial charge < -0.3 is 9.73 Å². The number of hydrogen-bond donors (Lipinski definition) is 1. The van der Waals surface area contributed by atoms with E-state index in [1.807, 2.05) is 38.2 Å². The van der Waals surface area contributed by atoms with Gasteiger partial charge >= 0.3 is 5.76 Å². The second kappa shape index (κ2) is 5.79. The highest BCUT2D eigenvalue weighted by molar-refractivity contribution is 9.10. The van der Waals surface area contributed by atoms with Crippen molar-refractivity contribution in [2.24, 2.45) is 0 Å². The Labute approximate surface area is 134 Å². The predicted octanol–water partition coefficient (Wildman–Crippen LogP) is 3.75. The summed E-state index contributed by atoms with van der Waals surface area (Å²) >= 11 is 5.26. The Morgan fingerprint density at radius 1 is 1.43 bits per heavy atom. The van der Waals surface area contributed by atoms with Gasteiger partial charge in [-0.05, 0) is 59.0 Å². The number of aryl methyl sites for hydroxylation is 1. The van der Waals surface area contributed by atoms with Crippen molar-refractivity contribution in [2.75, 3.05) is 7.05 Å². The summed E-state index contributed by atoms with van der Waals surface area (Å²) in [7, 11) is 1.93. The van der Waals surface area contributed by atoms with E-state index in [2.05, 4.69) is 26.6 Å². The number of aromatic nitrogens is 1. The number of hydrogen-bond acceptors (Lipinski definition) is 4. The molecule has 2 aromatic heterocycles. The van der Waals surface area contributed by atoms with Gasteiger partial charge in [0.15, 0.2) is 5.58 Å². The van der Waals surface area contributed by atoms with E-state index in [4.69, 9.17) is 4.42 Å². The monoisotopic (exact) mass is 366 g/mol. The second-order valence-electron chi connectivity index (χ2n) is 4.69. The molecule has 3 aromatic rings. The lowest BCUT2D eigenvalue weighted by Crippen LogP contribution is -2.16. The van der Waals surface area contributed by atoms with Gasteiger partial charge in [-0.3, -0.25) is 4.57 Å². The van der Waals surface area contributed by atoms with E-state index in [0.29, 0.717) is 12.1 Å². The molecular weight excluding hydrogens is 352 g/mol. The fraction of sp³-hybridized carbons (Fsp3) is 0.267. The van der Waals surface area contributed by atoms with Crippen molar-refractivity contribution >= 4 is 38.4 Å². The molecule has 0 amide bonds. The molecule has 0 radical (unpaired) electrons. The molecule has 1 unspecified atom stereocenters. The van der Waals surface area contributed by atoms with E-state index in [1.54, 1.807) is 15.9 Å². The average molecular weight is 367 g/mol. The van der Waals surface area contributed by atoms with E-state index in [1.165, 1.54) is 4.88 Å². The molecule has 4 nitrogen and oxygen atoms in total. The molecule has 0 aliphatic rings. The summed E-state index contributed by atoms with van der Waals surface area (Å²) in [5.74, 6) is -0.303. The van der Waals surface area contributed by atoms with Crippen LogP contribution in [0.2, 0.25) is 0 Å². The zero-order valence-electron chi connectivity index (χ0n) is 11.7. The van der Waals surface area contributed by atoms with E-state index in [9.17, 15) is 4.79 Å². The summed E-state index contributed by atoms with van der Waals surface area (Å²) in [6.45, 7) is 2.54. The number of halogens is 1. The Bertz CT molecular complexity index is 834. The highest BCUT2D eigenvalue weighted by Gasteiger charge is 2.18. The number of rotatable bonds is 4. The van der Waals surface area contributed by atoms with Crippen molar-refractivity contribution in [1.82, 2.24) is 9.88 Å². The summed E-state index contributed by atoms with van der Waals surface area (Å²) in [5, 5.41) is 5.37. The van der Waals surface area contributed by atoms with Gasteiger partial charge in [0.2, 0.25) is 0 Å². The van der Waals surface area contributed by atoms with Crippen molar-refractivity contribution < 1.29 is 4.42 Å². The van der Waals surface area contributed by atoms with Crippen molar-refractivity contribution in [3.8, 4) is 0 Å². The number of benzene rings is 1. The molecule has 0 aliphatic heterocycles. The Balaban J connectivity index is 2.12. The molecule has 0 saturated heterocycles. The van der Waals surface area contributed by atoms with Crippen LogP contribution in [0.25, 0.3) is 11.1 Å². The van der Waals surface area contributed by atoms with Crippen molar-refractivity contribution in [1.29, 1.82) is 0 Å². The Morgan fingerprint density at radius 3 is 2.86 bits per heavy atom. The van der Waals surface area contributed by atoms with Crippen molar-refractivity contribution in [3.63, 3.8) is 0 Å². The Kier molecular flexibility index (Phi) is 4.01. The van der Waals surface area contributed by atoms with Crippen LogP contribution < -0.4 is 11.1 Å². The molecule has 110 valence electrons. The minimum atomic E-state index is -0.303. The van der Waals surface area contributed by atoms with E-state index in [0.717, 1.165) is 15.6 Å². The molecule has 0 spiro atoms. The minimum Gasteiger partial charge on any atom is -0.408 e. The molecule has 21 heavy (non-hydrogen) atoms. The Morgan fingerprint density at radius 2 is 2.24 bits per heavy atom. The SMILES string of the molecule is CCn1c(=O)oc2cc(C(NC)c3sccc3Br)ccc21. The normalized spacial score (nSPS) is 12.9. The maximum absolute atomic E-state index is 11.8. The molecule has 1 atom stereocenters. The van der Waals surface area contributed by atoms with Crippen LogP contribution in [0.3, 0.4) is 0 Å². The van der Waals surface area contributed by atoms with E-state index in [-0.39, 0.29) is 11.8 Å². The van der Waals surface area contributed by atoms with Crippen LogP contribution in [-0.2, 0) is 6.54 Å². The maximum Gasteiger partial charge on any atom is 0.419 e. The van der Waals surface area contributed by atoms with Gasteiger partial charge in [0.05, 0.1) is 11.6 Å². The smallest absolute Gasteiger partial charge is 0.408 e. The molecule has 0 bridgehead atoms. The van der Waals surface area contributed by atoms with Crippen LogP contribution >= 0.6 is 27.3 Å². The van der Waals surface area contributed by atoms with Gasteiger partial charge in [0, 0.05) is 15.9 Å². The van der Waals surface area contributed by atoms with Crippen molar-refractivity contribution in [3.05, 3.63) is 55.1 Å². The summed E-state index contributed by atoms with van der Waals surface area (Å²) in [6.07, 6.45) is 0. The maximum atomic E-state index is 11.8. The van der Waals surface area contributed by atoms with E-state index >= 15 is 0 Å². The molecule has 1 aromatic carbocycles. The van der Waals surface area contributed by atoms with Gasteiger partial charge in [0.1, 0.15) is 0 Å². The number of thiophene rings is 1. The standard InChI is InChI=1S/C15H15BrN2O2S/c1-3-18-11-5-4-9(8-12(11)20-15(18)19)13(17-2)14-10(16)6-7-21-14/h4-8,13,17H,3H2,1-2H3. The first-order valence-electron chi connectivity index (χ1n) is 6.69. The fourth-order valence-corrected chi connectivity index (χ4v) is 4.26. The van der Waals surface area contributed by atoms with Crippen LogP contribution in [-0.4, -0.2) is 11.6 Å². The molecule has 0 fully saturated rings. The molecule has 6 heteroatoms. The van der Waals surface area contributed by atoms with E-state index < -0.39 is 0 Å². The van der Waals surface area contributed by atoms with Crippen LogP contribution in [0.5, 0.6) is 0 Å². The molecule has 1 N–H and O–H groups in total. The highest BCUT2D eigenvalue weighted by atomic mass is 79.9. The van der Waals surface area contributed by atoms with Gasteiger partial charge in [-0.1, -0.05) is 6.07 Å². The molecule has 2 heterocycles. The third-order valence-electron chi connectivity index (χ3n) is 3.54. The zero-order valence-corrected chi connectivity index (χ0v) is 14.1. The second-order valence-corrected chi connectivity index (χ2v) is 6.50. The average Bonchev–Trinajstić information content (AvgIpc) is 3.02. The first-order chi connectivity index (χ1) is 10.2. The number of fused-ring (bicyclic) bond motifs is 1. The lowest BCUT2D eigenvalue weighted by atomic mass is 10.1. The third kappa shape index (κ3) is 2.47. The largest absolute Gasteiger partial charge is 0.419 e. The van der Waals surface area contributed by atoms with Crippen LogP contribution in [0.1, 0.15) is 23.4 Å². The van der Waals surface area contributed by atoms with Gasteiger partial charge in [-0.2, -0.15) is 0 Å². The summed E-state index contributed by atoms with van der Waals surface area (Å²) in [4.78, 5) is 13.0. The first-order valence-corrected chi connectivity index (χ1v) is 8.36. The first kappa shape index (κ1) is 14.6. The Hall–Kier alpha value is -1.37. The summed E-state index contributed by atoms with van der Waals surface area (Å²) in [5.41, 5.74) is 2.55. The predicted molar refractivity (Wildman–Crippen MR) is 89.1 cm³/mol. The van der Waals surface area contributed by atoms with Crippen LogP contribution in [0.4, 0.5) is 0 Å². The lowest BCUT2D eigenvalue weighted by Gasteiger charge is -2.15. The van der Waals surface area contributed by atoms with Gasteiger partial charge in [-0.15, -0.1) is 11.3 Å². The molecule has 0 saturated carbocycles. The third-order valence-corrected chi connectivity index (χ3v) is 5.47. The summed E-state index contributed by atoms with van der Waals surface area (Å²) in [6, 6.07) is 8.04. The zero-order chi connectivity index (χ0) is 15.0. The quantitative estimate of drug-likeness (QED) is 0.764. The summed E-state index contributed by atoms with van der Waals surface area (Å²) < 4.78 is 8.06. The van der Waals surface area contributed by atoms with Crippen LogP contribution in [0.15, 0.2) is 43.3 Å². The molecule has 0 aliphatic carbocycles. The van der Waals surface area contributed by atoms with Gasteiger partial charge in [-0.25, -0.2) is 4.79 Å². The lowest BCUT2D eigenvalue weighted by molar-refractivity contribution is 0.512. The molecular formula is C15H15BrN2O2S. The number of nitrogens with one attached hydrogen (secondary N) is 1. The van der Waals surface area contributed by atoms with Crippen molar-refractivity contribution in [2.45, 2.75) is 19.5 Å². The highest BCUT2D eigenvalue weighted by Crippen LogP contribution is 2.33. The number of nitrogens with zero attached hydrogens (tertiary/aromatic N) is 1. The topological polar surface area (TPSA) is 47.2 Å². The van der Waals surface area contributed by atoms with Crippen LogP contribution in [0, 0.1) is 0 Å². The van der Waals surface area contributed by atoms with Gasteiger partial charge in [0.25, 0.3) is 0 Å². The minimum absolute atomic E-state index is 0.0686. The fourth-order valence-electron chi connectivity index (χ4n) is 2.52. The number of oxazole rings is 1. The molecule has 3 rings (SSSR count).